The number of aryl methyl sites for hydroxylation is 1. The minimum absolute atomic E-state index is 0.543. The SMILES string of the molecule is Cc1ccc(C(C)C)cc1OCCNCCN(C)C. The van der Waals surface area contributed by atoms with Crippen LogP contribution in [0, 0.1) is 6.92 Å². The monoisotopic (exact) mass is 264 g/mol. The van der Waals surface area contributed by atoms with E-state index >= 15 is 0 Å². The van der Waals surface area contributed by atoms with Crippen LogP contribution in [-0.4, -0.2) is 45.2 Å². The molecule has 0 atom stereocenters. The molecule has 0 aliphatic heterocycles. The van der Waals surface area contributed by atoms with Crippen LogP contribution in [0.5, 0.6) is 5.75 Å². The van der Waals surface area contributed by atoms with Gasteiger partial charge in [-0.2, -0.15) is 0 Å². The van der Waals surface area contributed by atoms with Gasteiger partial charge < -0.3 is 15.0 Å². The Kier molecular flexibility index (Phi) is 6.89. The van der Waals surface area contributed by atoms with Crippen LogP contribution in [0.2, 0.25) is 0 Å². The van der Waals surface area contributed by atoms with E-state index in [2.05, 4.69) is 63.3 Å². The second-order valence-corrected chi connectivity index (χ2v) is 5.58. The van der Waals surface area contributed by atoms with Crippen molar-refractivity contribution in [3.63, 3.8) is 0 Å². The molecule has 3 nitrogen and oxygen atoms in total. The average Bonchev–Trinajstić information content (AvgIpc) is 2.34. The molecule has 0 heterocycles. The molecule has 0 aromatic heterocycles. The molecule has 0 saturated carbocycles. The number of nitrogens with zero attached hydrogens (tertiary/aromatic N) is 1. The summed E-state index contributed by atoms with van der Waals surface area (Å²) in [6, 6.07) is 6.49. The van der Waals surface area contributed by atoms with Crippen LogP contribution in [0.3, 0.4) is 0 Å². The van der Waals surface area contributed by atoms with Gasteiger partial charge in [-0.1, -0.05) is 26.0 Å². The van der Waals surface area contributed by atoms with Gasteiger partial charge in [0, 0.05) is 19.6 Å². The second-order valence-electron chi connectivity index (χ2n) is 5.58. The van der Waals surface area contributed by atoms with E-state index in [-0.39, 0.29) is 0 Å². The first-order valence-corrected chi connectivity index (χ1v) is 7.09. The number of nitrogens with one attached hydrogen (secondary N) is 1. The van der Waals surface area contributed by atoms with Crippen molar-refractivity contribution in [3.8, 4) is 5.75 Å². The number of rotatable bonds is 8. The lowest BCUT2D eigenvalue weighted by atomic mass is 10.0. The van der Waals surface area contributed by atoms with Gasteiger partial charge in [0.05, 0.1) is 0 Å². The Labute approximate surface area is 118 Å². The van der Waals surface area contributed by atoms with E-state index in [1.807, 2.05) is 0 Å². The third kappa shape index (κ3) is 6.08. The molecule has 0 saturated heterocycles. The third-order valence-corrected chi connectivity index (χ3v) is 3.15. The van der Waals surface area contributed by atoms with Crippen LogP contribution in [0.4, 0.5) is 0 Å². The Hall–Kier alpha value is -1.06. The maximum atomic E-state index is 5.86. The zero-order valence-electron chi connectivity index (χ0n) is 13.0. The molecule has 1 rings (SSSR count). The molecule has 108 valence electrons. The number of benzene rings is 1. The third-order valence-electron chi connectivity index (χ3n) is 3.15. The van der Waals surface area contributed by atoms with E-state index in [9.17, 15) is 0 Å². The number of hydrogen-bond acceptors (Lipinski definition) is 3. The molecule has 0 fully saturated rings. The summed E-state index contributed by atoms with van der Waals surface area (Å²) in [6.07, 6.45) is 0. The van der Waals surface area contributed by atoms with E-state index in [4.69, 9.17) is 4.74 Å². The highest BCUT2D eigenvalue weighted by Gasteiger charge is 2.04. The van der Waals surface area contributed by atoms with Crippen molar-refractivity contribution in [2.75, 3.05) is 40.3 Å². The van der Waals surface area contributed by atoms with Crippen molar-refractivity contribution in [2.24, 2.45) is 0 Å². The summed E-state index contributed by atoms with van der Waals surface area (Å²) in [7, 11) is 4.16. The molecule has 0 spiro atoms. The molecule has 0 bridgehead atoms. The first-order chi connectivity index (χ1) is 9.00. The second kappa shape index (κ2) is 8.18. The molecule has 3 heteroatoms. The van der Waals surface area contributed by atoms with Gasteiger partial charge in [-0.05, 0) is 44.1 Å². The summed E-state index contributed by atoms with van der Waals surface area (Å²) in [5.41, 5.74) is 2.54. The molecule has 1 N–H and O–H groups in total. The number of likely N-dealkylation sites (N-methyl/N-ethyl adjacent to an activating group) is 1. The van der Waals surface area contributed by atoms with Crippen molar-refractivity contribution < 1.29 is 4.74 Å². The van der Waals surface area contributed by atoms with Gasteiger partial charge in [-0.25, -0.2) is 0 Å². The van der Waals surface area contributed by atoms with Crippen LogP contribution in [0.25, 0.3) is 0 Å². The molecule has 1 aromatic carbocycles. The van der Waals surface area contributed by atoms with E-state index in [1.54, 1.807) is 0 Å². The van der Waals surface area contributed by atoms with Gasteiger partial charge in [0.2, 0.25) is 0 Å². The molecular formula is C16H28N2O. The zero-order valence-corrected chi connectivity index (χ0v) is 13.0. The van der Waals surface area contributed by atoms with Crippen molar-refractivity contribution in [1.82, 2.24) is 10.2 Å². The maximum absolute atomic E-state index is 5.86. The Morgan fingerprint density at radius 2 is 1.95 bits per heavy atom. The summed E-state index contributed by atoms with van der Waals surface area (Å²) in [4.78, 5) is 2.17. The Morgan fingerprint density at radius 3 is 2.58 bits per heavy atom. The lowest BCUT2D eigenvalue weighted by molar-refractivity contribution is 0.306. The van der Waals surface area contributed by atoms with Gasteiger partial charge in [-0.15, -0.1) is 0 Å². The Morgan fingerprint density at radius 1 is 1.21 bits per heavy atom. The standard InChI is InChI=1S/C16H28N2O/c1-13(2)15-7-6-14(3)16(12-15)19-11-9-17-8-10-18(4)5/h6-7,12-13,17H,8-11H2,1-5H3. The summed E-state index contributed by atoms with van der Waals surface area (Å²) in [6.45, 7) is 10.2. The quantitative estimate of drug-likeness (QED) is 0.731. The van der Waals surface area contributed by atoms with Crippen molar-refractivity contribution in [1.29, 1.82) is 0 Å². The van der Waals surface area contributed by atoms with Crippen LogP contribution >= 0.6 is 0 Å². The van der Waals surface area contributed by atoms with E-state index in [0.29, 0.717) is 5.92 Å². The van der Waals surface area contributed by atoms with Gasteiger partial charge in [-0.3, -0.25) is 0 Å². The van der Waals surface area contributed by atoms with Crippen LogP contribution in [0.1, 0.15) is 30.9 Å². The molecule has 0 radical (unpaired) electrons. The lowest BCUT2D eigenvalue weighted by Gasteiger charge is -2.14. The molecule has 0 aliphatic carbocycles. The molecule has 19 heavy (non-hydrogen) atoms. The van der Waals surface area contributed by atoms with E-state index in [1.165, 1.54) is 11.1 Å². The zero-order chi connectivity index (χ0) is 14.3. The molecule has 0 unspecified atom stereocenters. The fourth-order valence-corrected chi connectivity index (χ4v) is 1.79. The molecule has 0 aliphatic rings. The summed E-state index contributed by atoms with van der Waals surface area (Å²) < 4.78 is 5.86. The predicted molar refractivity (Wildman–Crippen MR) is 82.2 cm³/mol. The number of hydrogen-bond donors (Lipinski definition) is 1. The van der Waals surface area contributed by atoms with Gasteiger partial charge in [0.1, 0.15) is 12.4 Å². The fraction of sp³-hybridized carbons (Fsp3) is 0.625. The van der Waals surface area contributed by atoms with E-state index < -0.39 is 0 Å². The summed E-state index contributed by atoms with van der Waals surface area (Å²) in [5, 5.41) is 3.38. The normalized spacial score (nSPS) is 11.3. The smallest absolute Gasteiger partial charge is 0.122 e. The maximum Gasteiger partial charge on any atom is 0.122 e. The summed E-state index contributed by atoms with van der Waals surface area (Å²) in [5.74, 6) is 1.56. The van der Waals surface area contributed by atoms with Crippen LogP contribution < -0.4 is 10.1 Å². The highest BCUT2D eigenvalue weighted by molar-refractivity contribution is 5.37. The highest BCUT2D eigenvalue weighted by Crippen LogP contribution is 2.24. The largest absolute Gasteiger partial charge is 0.492 e. The topological polar surface area (TPSA) is 24.5 Å². The summed E-state index contributed by atoms with van der Waals surface area (Å²) >= 11 is 0. The van der Waals surface area contributed by atoms with Crippen LogP contribution in [0.15, 0.2) is 18.2 Å². The fourth-order valence-electron chi connectivity index (χ4n) is 1.79. The number of ether oxygens (including phenoxy) is 1. The van der Waals surface area contributed by atoms with Crippen LogP contribution in [-0.2, 0) is 0 Å². The minimum atomic E-state index is 0.543. The van der Waals surface area contributed by atoms with Gasteiger partial charge >= 0.3 is 0 Å². The van der Waals surface area contributed by atoms with Crippen molar-refractivity contribution in [2.45, 2.75) is 26.7 Å². The first-order valence-electron chi connectivity index (χ1n) is 7.09. The molecule has 0 amide bonds. The molecule has 1 aromatic rings. The highest BCUT2D eigenvalue weighted by atomic mass is 16.5. The van der Waals surface area contributed by atoms with Crippen molar-refractivity contribution >= 4 is 0 Å². The Bertz CT molecular complexity index is 375. The lowest BCUT2D eigenvalue weighted by Crippen LogP contribution is -2.29. The minimum Gasteiger partial charge on any atom is -0.492 e. The molecular weight excluding hydrogens is 236 g/mol. The van der Waals surface area contributed by atoms with Crippen molar-refractivity contribution in [3.05, 3.63) is 29.3 Å². The van der Waals surface area contributed by atoms with Gasteiger partial charge in [0.25, 0.3) is 0 Å². The average molecular weight is 264 g/mol. The van der Waals surface area contributed by atoms with Gasteiger partial charge in [0.15, 0.2) is 0 Å². The van der Waals surface area contributed by atoms with E-state index in [0.717, 1.165) is 32.0 Å². The Balaban J connectivity index is 2.34. The first kappa shape index (κ1) is 16.0. The predicted octanol–water partition coefficient (Wildman–Crippen LogP) is 2.65.